The molecule has 0 atom stereocenters. The van der Waals surface area contributed by atoms with Crippen LogP contribution in [0, 0.1) is 13.8 Å². The van der Waals surface area contributed by atoms with Gasteiger partial charge >= 0.3 is 0 Å². The van der Waals surface area contributed by atoms with Crippen LogP contribution in [-0.4, -0.2) is 15.2 Å². The third-order valence-electron chi connectivity index (χ3n) is 4.03. The molecule has 3 aromatic rings. The molecule has 0 fully saturated rings. The highest BCUT2D eigenvalue weighted by molar-refractivity contribution is 5.78. The van der Waals surface area contributed by atoms with Crippen molar-refractivity contribution in [2.24, 2.45) is 5.73 Å². The molecule has 0 radical (unpaired) electrons. The molecule has 0 saturated heterocycles. The molecule has 1 aromatic carbocycles. The van der Waals surface area contributed by atoms with Gasteiger partial charge in [-0.05, 0) is 49.7 Å². The van der Waals surface area contributed by atoms with Crippen molar-refractivity contribution in [2.45, 2.75) is 20.4 Å². The molecule has 26 heavy (non-hydrogen) atoms. The van der Waals surface area contributed by atoms with E-state index in [0.29, 0.717) is 12.2 Å². The number of rotatable bonds is 5. The lowest BCUT2D eigenvalue weighted by molar-refractivity contribution is 0.805. The molecule has 0 saturated carbocycles. The van der Waals surface area contributed by atoms with Crippen LogP contribution in [0.4, 0.5) is 5.69 Å². The lowest BCUT2D eigenvalue weighted by Crippen LogP contribution is -2.16. The Morgan fingerprint density at radius 1 is 1.08 bits per heavy atom. The van der Waals surface area contributed by atoms with Gasteiger partial charge in [0.2, 0.25) is 0 Å². The van der Waals surface area contributed by atoms with E-state index in [9.17, 15) is 0 Å². The maximum absolute atomic E-state index is 6.17. The van der Waals surface area contributed by atoms with Crippen LogP contribution in [-0.2, 0) is 6.54 Å². The van der Waals surface area contributed by atoms with Crippen LogP contribution >= 0.6 is 0 Å². The summed E-state index contributed by atoms with van der Waals surface area (Å²) >= 11 is 0. The highest BCUT2D eigenvalue weighted by atomic mass is 15.1. The van der Waals surface area contributed by atoms with E-state index in [4.69, 9.17) is 11.5 Å². The van der Waals surface area contributed by atoms with Gasteiger partial charge < -0.3 is 16.8 Å². The van der Waals surface area contributed by atoms with Crippen molar-refractivity contribution in [1.29, 1.82) is 0 Å². The summed E-state index contributed by atoms with van der Waals surface area (Å²) in [6.45, 7) is 4.42. The number of pyridine rings is 1. The van der Waals surface area contributed by atoms with Gasteiger partial charge in [0.25, 0.3) is 0 Å². The van der Waals surface area contributed by atoms with Gasteiger partial charge in [-0.1, -0.05) is 12.1 Å². The standard InChI is InChI=1S/C20H22N6/c1-13-3-8-19(23-11-13)15-5-7-18(22)17(9-15)20(10-21)24-12-16-6-4-14(2)25-26-16/h3-11,24H,12,21-22H2,1-2H3/b20-10+. The van der Waals surface area contributed by atoms with Gasteiger partial charge in [0.05, 0.1) is 29.3 Å². The second kappa shape index (κ2) is 7.65. The van der Waals surface area contributed by atoms with Crippen LogP contribution in [0.15, 0.2) is 54.9 Å². The molecular weight excluding hydrogens is 324 g/mol. The Labute approximate surface area is 153 Å². The first-order valence-electron chi connectivity index (χ1n) is 8.34. The maximum atomic E-state index is 6.17. The molecule has 2 aromatic heterocycles. The number of hydrogen-bond donors (Lipinski definition) is 3. The van der Waals surface area contributed by atoms with Crippen molar-refractivity contribution in [3.63, 3.8) is 0 Å². The fourth-order valence-electron chi connectivity index (χ4n) is 2.54. The molecule has 2 heterocycles. The monoisotopic (exact) mass is 346 g/mol. The smallest absolute Gasteiger partial charge is 0.0822 e. The first kappa shape index (κ1) is 17.4. The van der Waals surface area contributed by atoms with Gasteiger partial charge in [0.15, 0.2) is 0 Å². The lowest BCUT2D eigenvalue weighted by Gasteiger charge is -2.14. The summed E-state index contributed by atoms with van der Waals surface area (Å²) in [5, 5.41) is 11.5. The normalized spacial score (nSPS) is 11.4. The van der Waals surface area contributed by atoms with Crippen molar-refractivity contribution in [2.75, 3.05) is 5.73 Å². The van der Waals surface area contributed by atoms with Gasteiger partial charge in [-0.2, -0.15) is 10.2 Å². The molecule has 5 N–H and O–H groups in total. The van der Waals surface area contributed by atoms with Gasteiger partial charge in [-0.25, -0.2) is 0 Å². The van der Waals surface area contributed by atoms with Crippen LogP contribution in [0.5, 0.6) is 0 Å². The van der Waals surface area contributed by atoms with Gasteiger partial charge in [0.1, 0.15) is 0 Å². The van der Waals surface area contributed by atoms with Crippen LogP contribution in [0.2, 0.25) is 0 Å². The van der Waals surface area contributed by atoms with Crippen molar-refractivity contribution >= 4 is 11.4 Å². The number of aromatic nitrogens is 3. The molecule has 6 nitrogen and oxygen atoms in total. The van der Waals surface area contributed by atoms with Crippen molar-refractivity contribution in [3.8, 4) is 11.3 Å². The fraction of sp³-hybridized carbons (Fsp3) is 0.150. The molecule has 0 unspecified atom stereocenters. The summed E-state index contributed by atoms with van der Waals surface area (Å²) in [7, 11) is 0. The Hall–Kier alpha value is -3.41. The van der Waals surface area contributed by atoms with E-state index < -0.39 is 0 Å². The Bertz CT molecular complexity index is 914. The van der Waals surface area contributed by atoms with E-state index in [2.05, 4.69) is 20.5 Å². The SMILES string of the molecule is Cc1ccc(-c2ccc(N)c(/C(=C\N)NCc3ccc(C)nn3)c2)nc1. The predicted molar refractivity (Wildman–Crippen MR) is 105 cm³/mol. The zero-order valence-corrected chi connectivity index (χ0v) is 14.9. The molecule has 0 aliphatic carbocycles. The summed E-state index contributed by atoms with van der Waals surface area (Å²) in [4.78, 5) is 4.48. The second-order valence-electron chi connectivity index (χ2n) is 6.12. The number of anilines is 1. The average molecular weight is 346 g/mol. The molecule has 0 aliphatic rings. The van der Waals surface area contributed by atoms with Gasteiger partial charge in [-0.15, -0.1) is 0 Å². The van der Waals surface area contributed by atoms with Crippen LogP contribution in [0.25, 0.3) is 17.0 Å². The topological polar surface area (TPSA) is 103 Å². The Balaban J connectivity index is 1.84. The minimum Gasteiger partial charge on any atom is -0.403 e. The average Bonchev–Trinajstić information content (AvgIpc) is 2.65. The Morgan fingerprint density at radius 3 is 2.58 bits per heavy atom. The highest BCUT2D eigenvalue weighted by Crippen LogP contribution is 2.26. The van der Waals surface area contributed by atoms with E-state index in [1.807, 2.05) is 62.5 Å². The number of nitrogen functional groups attached to an aromatic ring is 1. The number of benzene rings is 1. The third-order valence-corrected chi connectivity index (χ3v) is 4.03. The predicted octanol–water partition coefficient (Wildman–Crippen LogP) is 2.78. The fourth-order valence-corrected chi connectivity index (χ4v) is 2.54. The lowest BCUT2D eigenvalue weighted by atomic mass is 10.0. The Morgan fingerprint density at radius 2 is 1.92 bits per heavy atom. The summed E-state index contributed by atoms with van der Waals surface area (Å²) in [5.41, 5.74) is 18.9. The molecule has 6 heteroatoms. The third kappa shape index (κ3) is 3.97. The zero-order chi connectivity index (χ0) is 18.5. The van der Waals surface area contributed by atoms with E-state index in [-0.39, 0.29) is 0 Å². The first-order valence-corrected chi connectivity index (χ1v) is 8.34. The summed E-state index contributed by atoms with van der Waals surface area (Å²) < 4.78 is 0. The molecule has 132 valence electrons. The molecular formula is C20H22N6. The summed E-state index contributed by atoms with van der Waals surface area (Å²) in [6.07, 6.45) is 3.36. The van der Waals surface area contributed by atoms with Crippen LogP contribution in [0.1, 0.15) is 22.5 Å². The van der Waals surface area contributed by atoms with Crippen LogP contribution < -0.4 is 16.8 Å². The number of nitrogens with zero attached hydrogens (tertiary/aromatic N) is 3. The first-order chi connectivity index (χ1) is 12.6. The number of hydrogen-bond acceptors (Lipinski definition) is 6. The maximum Gasteiger partial charge on any atom is 0.0822 e. The van der Waals surface area contributed by atoms with E-state index in [0.717, 1.165) is 39.5 Å². The Kier molecular flexibility index (Phi) is 5.12. The largest absolute Gasteiger partial charge is 0.403 e. The molecule has 0 aliphatic heterocycles. The number of aryl methyl sites for hydroxylation is 2. The van der Waals surface area contributed by atoms with E-state index in [1.54, 1.807) is 0 Å². The van der Waals surface area contributed by atoms with Crippen molar-refractivity contribution in [3.05, 3.63) is 77.4 Å². The zero-order valence-electron chi connectivity index (χ0n) is 14.9. The van der Waals surface area contributed by atoms with Gasteiger partial charge in [-0.3, -0.25) is 4.98 Å². The van der Waals surface area contributed by atoms with Crippen LogP contribution in [0.3, 0.4) is 0 Å². The summed E-state index contributed by atoms with van der Waals surface area (Å²) in [6, 6.07) is 13.7. The number of nitrogens with two attached hydrogens (primary N) is 2. The second-order valence-corrected chi connectivity index (χ2v) is 6.12. The minimum atomic E-state index is 0.503. The van der Waals surface area contributed by atoms with E-state index >= 15 is 0 Å². The minimum absolute atomic E-state index is 0.503. The van der Waals surface area contributed by atoms with E-state index in [1.165, 1.54) is 6.20 Å². The van der Waals surface area contributed by atoms with Crippen molar-refractivity contribution < 1.29 is 0 Å². The van der Waals surface area contributed by atoms with Gasteiger partial charge in [0, 0.05) is 29.2 Å². The summed E-state index contributed by atoms with van der Waals surface area (Å²) in [5.74, 6) is 0. The molecule has 3 rings (SSSR count). The quantitative estimate of drug-likeness (QED) is 0.614. The highest BCUT2D eigenvalue weighted by Gasteiger charge is 2.09. The van der Waals surface area contributed by atoms with Crippen molar-refractivity contribution in [1.82, 2.24) is 20.5 Å². The number of nitrogens with one attached hydrogen (secondary N) is 1. The molecule has 0 spiro atoms. The molecule has 0 bridgehead atoms. The molecule has 0 amide bonds.